The molecular weight excluding hydrogens is 404 g/mol. The molecule has 3 nitrogen and oxygen atoms in total. The predicted octanol–water partition coefficient (Wildman–Crippen LogP) is 5.94. The van der Waals surface area contributed by atoms with Crippen molar-refractivity contribution in [1.29, 1.82) is 0 Å². The number of carbonyl (C=O) groups is 1. The van der Waals surface area contributed by atoms with Crippen molar-refractivity contribution in [3.05, 3.63) is 67.6 Å². The highest BCUT2D eigenvalue weighted by Gasteiger charge is 2.38. The summed E-state index contributed by atoms with van der Waals surface area (Å²) in [6, 6.07) is 9.44. The quantitative estimate of drug-likeness (QED) is 0.667. The summed E-state index contributed by atoms with van der Waals surface area (Å²) in [5.41, 5.74) is 1.53. The number of benzene rings is 2. The summed E-state index contributed by atoms with van der Waals surface area (Å²) in [5, 5.41) is 11.6. The molecule has 2 aromatic carbocycles. The smallest absolute Gasteiger partial charge is 0.320 e. The van der Waals surface area contributed by atoms with E-state index >= 15 is 0 Å². The standard InChI is InChI=1S/C18H15Cl4NO2/c19-10-3-5-12(14(21)8-10)17(13-6-4-11(20)9-15(13)22)23-7-1-2-16(23)18(24)25/h3-6,8-9,16-17H,1-2,7H2,(H,24,25). The molecule has 1 heterocycles. The number of likely N-dealkylation sites (tertiary alicyclic amines) is 1. The highest BCUT2D eigenvalue weighted by molar-refractivity contribution is 6.36. The maximum Gasteiger partial charge on any atom is 0.320 e. The Hall–Kier alpha value is -0.970. The predicted molar refractivity (Wildman–Crippen MR) is 102 cm³/mol. The van der Waals surface area contributed by atoms with Crippen LogP contribution in [-0.4, -0.2) is 28.6 Å². The molecule has 1 aliphatic heterocycles. The zero-order valence-electron chi connectivity index (χ0n) is 13.1. The Labute approximate surface area is 166 Å². The maximum absolute atomic E-state index is 11.7. The van der Waals surface area contributed by atoms with Crippen LogP contribution in [0.25, 0.3) is 0 Å². The minimum absolute atomic E-state index is 0.391. The van der Waals surface area contributed by atoms with Gasteiger partial charge in [-0.1, -0.05) is 58.5 Å². The van der Waals surface area contributed by atoms with Crippen molar-refractivity contribution in [3.8, 4) is 0 Å². The Morgan fingerprint density at radius 1 is 1.00 bits per heavy atom. The Kier molecular flexibility index (Phi) is 5.81. The first kappa shape index (κ1) is 18.8. The van der Waals surface area contributed by atoms with Crippen molar-refractivity contribution < 1.29 is 9.90 Å². The van der Waals surface area contributed by atoms with Gasteiger partial charge in [0.1, 0.15) is 6.04 Å². The molecule has 0 aromatic heterocycles. The third-order valence-corrected chi connectivity index (χ3v) is 5.55. The lowest BCUT2D eigenvalue weighted by molar-refractivity contribution is -0.142. The van der Waals surface area contributed by atoms with E-state index in [4.69, 9.17) is 46.4 Å². The van der Waals surface area contributed by atoms with Crippen molar-refractivity contribution in [2.24, 2.45) is 0 Å². The third-order valence-electron chi connectivity index (χ3n) is 4.43. The van der Waals surface area contributed by atoms with Crippen molar-refractivity contribution in [2.45, 2.75) is 24.9 Å². The van der Waals surface area contributed by atoms with E-state index in [9.17, 15) is 9.90 Å². The molecule has 3 rings (SSSR count). The van der Waals surface area contributed by atoms with E-state index in [2.05, 4.69) is 0 Å². The Morgan fingerprint density at radius 3 is 1.96 bits per heavy atom. The number of halogens is 4. The lowest BCUT2D eigenvalue weighted by Gasteiger charge is -2.33. The van der Waals surface area contributed by atoms with Gasteiger partial charge in [-0.15, -0.1) is 0 Å². The van der Waals surface area contributed by atoms with Gasteiger partial charge in [-0.05, 0) is 48.2 Å². The maximum atomic E-state index is 11.7. The van der Waals surface area contributed by atoms with Crippen LogP contribution >= 0.6 is 46.4 Å². The molecule has 0 aliphatic carbocycles. The van der Waals surface area contributed by atoms with E-state index in [0.717, 1.165) is 17.5 Å². The van der Waals surface area contributed by atoms with Crippen molar-refractivity contribution in [1.82, 2.24) is 4.90 Å². The zero-order valence-corrected chi connectivity index (χ0v) is 16.1. The monoisotopic (exact) mass is 417 g/mol. The number of rotatable bonds is 4. The van der Waals surface area contributed by atoms with Gasteiger partial charge in [0.2, 0.25) is 0 Å². The molecule has 0 saturated carbocycles. The van der Waals surface area contributed by atoms with E-state index in [0.29, 0.717) is 33.1 Å². The van der Waals surface area contributed by atoms with Crippen LogP contribution in [0.4, 0.5) is 0 Å². The summed E-state index contributed by atoms with van der Waals surface area (Å²) in [4.78, 5) is 13.6. The zero-order chi connectivity index (χ0) is 18.1. The first-order valence-electron chi connectivity index (χ1n) is 7.77. The van der Waals surface area contributed by atoms with Gasteiger partial charge in [-0.25, -0.2) is 0 Å². The second-order valence-electron chi connectivity index (χ2n) is 5.97. The van der Waals surface area contributed by atoms with Crippen LogP contribution in [0, 0.1) is 0 Å². The van der Waals surface area contributed by atoms with Crippen molar-refractivity contribution in [2.75, 3.05) is 6.54 Å². The number of carboxylic acid groups (broad SMARTS) is 1. The molecular formula is C18H15Cl4NO2. The highest BCUT2D eigenvalue weighted by Crippen LogP contribution is 2.41. The fourth-order valence-corrected chi connectivity index (χ4v) is 4.36. The molecule has 1 atom stereocenters. The molecule has 0 amide bonds. The fraction of sp³-hybridized carbons (Fsp3) is 0.278. The van der Waals surface area contributed by atoms with Gasteiger partial charge in [-0.2, -0.15) is 0 Å². The van der Waals surface area contributed by atoms with Gasteiger partial charge in [0.05, 0.1) is 6.04 Å². The molecule has 132 valence electrons. The molecule has 1 unspecified atom stereocenters. The minimum Gasteiger partial charge on any atom is -0.480 e. The summed E-state index contributed by atoms with van der Waals surface area (Å²) in [6.45, 7) is 0.638. The van der Waals surface area contributed by atoms with Gasteiger partial charge in [-0.3, -0.25) is 9.69 Å². The number of aliphatic carboxylic acids is 1. The Morgan fingerprint density at radius 2 is 1.52 bits per heavy atom. The van der Waals surface area contributed by atoms with E-state index in [-0.39, 0.29) is 0 Å². The molecule has 1 aliphatic rings. The Balaban J connectivity index is 2.16. The molecule has 1 fully saturated rings. The van der Waals surface area contributed by atoms with Gasteiger partial charge >= 0.3 is 5.97 Å². The van der Waals surface area contributed by atoms with Crippen LogP contribution in [0.1, 0.15) is 30.0 Å². The summed E-state index contributed by atoms with van der Waals surface area (Å²) < 4.78 is 0. The van der Waals surface area contributed by atoms with Gasteiger partial charge in [0, 0.05) is 26.6 Å². The second kappa shape index (κ2) is 7.73. The summed E-state index contributed by atoms with van der Waals surface area (Å²) in [7, 11) is 0. The van der Waals surface area contributed by atoms with Crippen LogP contribution in [-0.2, 0) is 4.79 Å². The molecule has 25 heavy (non-hydrogen) atoms. The Bertz CT molecular complexity index is 760. The molecule has 0 bridgehead atoms. The first-order valence-corrected chi connectivity index (χ1v) is 9.28. The molecule has 0 spiro atoms. The van der Waals surface area contributed by atoms with Crippen molar-refractivity contribution >= 4 is 52.4 Å². The first-order chi connectivity index (χ1) is 11.9. The second-order valence-corrected chi connectivity index (χ2v) is 7.66. The summed E-state index contributed by atoms with van der Waals surface area (Å²) in [6.07, 6.45) is 1.38. The van der Waals surface area contributed by atoms with Crippen LogP contribution in [0.15, 0.2) is 36.4 Å². The molecule has 1 saturated heterocycles. The largest absolute Gasteiger partial charge is 0.480 e. The fourth-order valence-electron chi connectivity index (χ4n) is 3.33. The lowest BCUT2D eigenvalue weighted by atomic mass is 9.96. The van der Waals surface area contributed by atoms with E-state index in [1.54, 1.807) is 24.3 Å². The van der Waals surface area contributed by atoms with Gasteiger partial charge in [0.15, 0.2) is 0 Å². The topological polar surface area (TPSA) is 40.5 Å². The summed E-state index contributed by atoms with van der Waals surface area (Å²) in [5.74, 6) is -0.849. The molecule has 7 heteroatoms. The SMILES string of the molecule is O=C(O)C1CCCN1C(c1ccc(Cl)cc1Cl)c1ccc(Cl)cc1Cl. The molecule has 1 N–H and O–H groups in total. The third kappa shape index (κ3) is 3.91. The molecule has 2 aromatic rings. The van der Waals surface area contributed by atoms with Gasteiger partial charge < -0.3 is 5.11 Å². The highest BCUT2D eigenvalue weighted by atomic mass is 35.5. The van der Waals surface area contributed by atoms with E-state index in [1.165, 1.54) is 0 Å². The van der Waals surface area contributed by atoms with Crippen LogP contribution in [0.3, 0.4) is 0 Å². The average Bonchev–Trinajstić information content (AvgIpc) is 3.01. The van der Waals surface area contributed by atoms with Crippen LogP contribution in [0.2, 0.25) is 20.1 Å². The summed E-state index contributed by atoms with van der Waals surface area (Å²) >= 11 is 24.9. The number of hydrogen-bond acceptors (Lipinski definition) is 2. The average molecular weight is 419 g/mol. The number of nitrogens with zero attached hydrogens (tertiary/aromatic N) is 1. The lowest BCUT2D eigenvalue weighted by Crippen LogP contribution is -2.39. The minimum atomic E-state index is -0.849. The molecule has 0 radical (unpaired) electrons. The van der Waals surface area contributed by atoms with E-state index in [1.807, 2.05) is 17.0 Å². The van der Waals surface area contributed by atoms with Crippen molar-refractivity contribution in [3.63, 3.8) is 0 Å². The normalized spacial score (nSPS) is 18.0. The van der Waals surface area contributed by atoms with Gasteiger partial charge in [0.25, 0.3) is 0 Å². The number of hydrogen-bond donors (Lipinski definition) is 1. The van der Waals surface area contributed by atoms with E-state index < -0.39 is 18.1 Å². The van der Waals surface area contributed by atoms with Crippen LogP contribution in [0.5, 0.6) is 0 Å². The number of carboxylic acids is 1. The van der Waals surface area contributed by atoms with Crippen LogP contribution < -0.4 is 0 Å².